The molecule has 0 bridgehead atoms. The monoisotopic (exact) mass is 497 g/mol. The van der Waals surface area contributed by atoms with E-state index < -0.39 is 0 Å². The number of rotatable bonds is 13. The van der Waals surface area contributed by atoms with Crippen LogP contribution in [0.1, 0.15) is 72.8 Å². The summed E-state index contributed by atoms with van der Waals surface area (Å²) >= 11 is 0. The molecule has 0 radical (unpaired) electrons. The molecule has 0 saturated carbocycles. The van der Waals surface area contributed by atoms with E-state index in [1.54, 1.807) is 0 Å². The van der Waals surface area contributed by atoms with Crippen molar-refractivity contribution >= 4 is 16.9 Å². The first-order valence-electron chi connectivity index (χ1n) is 13.5. The fourth-order valence-electron chi connectivity index (χ4n) is 4.69. The van der Waals surface area contributed by atoms with E-state index in [-0.39, 0.29) is 5.91 Å². The Balaban J connectivity index is 1.28. The van der Waals surface area contributed by atoms with Crippen molar-refractivity contribution in [3.05, 3.63) is 95.3 Å². The Morgan fingerprint density at radius 3 is 2.54 bits per heavy atom. The van der Waals surface area contributed by atoms with E-state index in [0.29, 0.717) is 24.6 Å². The summed E-state index contributed by atoms with van der Waals surface area (Å²) in [6, 6.07) is 24.2. The summed E-state index contributed by atoms with van der Waals surface area (Å²) in [5.74, 6) is 2.57. The molecule has 0 aliphatic rings. The lowest BCUT2D eigenvalue weighted by Crippen LogP contribution is -2.24. The van der Waals surface area contributed by atoms with Gasteiger partial charge in [0, 0.05) is 25.1 Å². The quantitative estimate of drug-likeness (QED) is 0.201. The van der Waals surface area contributed by atoms with Crippen molar-refractivity contribution < 1.29 is 9.53 Å². The standard InChI is InChI=1S/C32H39N3O2/c1-24(2)27-19-18-25(3)23-30(27)37-22-12-21-35-29-16-10-9-15-28(29)34-31(35)17-8-5-11-20-33-32(36)26-13-6-4-7-14-26/h4,6-7,9-10,13-16,18-19,23-24H,5,8,11-12,17,20-22H2,1-3H3,(H,33,36). The van der Waals surface area contributed by atoms with Crippen LogP contribution in [0.2, 0.25) is 0 Å². The number of fused-ring (bicyclic) bond motifs is 1. The molecule has 1 amide bonds. The molecule has 5 nitrogen and oxygen atoms in total. The zero-order valence-electron chi connectivity index (χ0n) is 22.4. The summed E-state index contributed by atoms with van der Waals surface area (Å²) in [7, 11) is 0. The number of nitrogens with one attached hydrogen (secondary N) is 1. The zero-order valence-corrected chi connectivity index (χ0v) is 22.4. The SMILES string of the molecule is Cc1ccc(C(C)C)c(OCCCn2c(CCCCCNC(=O)c3ccccc3)nc3ccccc32)c1. The molecule has 4 aromatic rings. The third-order valence-corrected chi connectivity index (χ3v) is 6.71. The van der Waals surface area contributed by atoms with Crippen molar-refractivity contribution in [1.82, 2.24) is 14.9 Å². The van der Waals surface area contributed by atoms with Gasteiger partial charge < -0.3 is 14.6 Å². The maximum Gasteiger partial charge on any atom is 0.251 e. The van der Waals surface area contributed by atoms with Crippen LogP contribution in [-0.2, 0) is 13.0 Å². The van der Waals surface area contributed by atoms with Gasteiger partial charge in [-0.15, -0.1) is 0 Å². The second-order valence-electron chi connectivity index (χ2n) is 10.00. The Bertz CT molecular complexity index is 1290. The minimum Gasteiger partial charge on any atom is -0.493 e. The molecule has 0 saturated heterocycles. The highest BCUT2D eigenvalue weighted by molar-refractivity contribution is 5.94. The predicted octanol–water partition coefficient (Wildman–Crippen LogP) is 7.08. The summed E-state index contributed by atoms with van der Waals surface area (Å²) in [6.07, 6.45) is 4.90. The van der Waals surface area contributed by atoms with Gasteiger partial charge in [0.2, 0.25) is 0 Å². The Morgan fingerprint density at radius 1 is 0.946 bits per heavy atom. The first-order chi connectivity index (χ1) is 18.0. The zero-order chi connectivity index (χ0) is 26.0. The van der Waals surface area contributed by atoms with Crippen LogP contribution < -0.4 is 10.1 Å². The van der Waals surface area contributed by atoms with Crippen LogP contribution in [0, 0.1) is 6.92 Å². The second-order valence-corrected chi connectivity index (χ2v) is 10.00. The lowest BCUT2D eigenvalue weighted by molar-refractivity contribution is 0.0953. The van der Waals surface area contributed by atoms with Crippen molar-refractivity contribution in [2.75, 3.05) is 13.2 Å². The predicted molar refractivity (Wildman–Crippen MR) is 151 cm³/mol. The van der Waals surface area contributed by atoms with Crippen LogP contribution >= 0.6 is 0 Å². The first kappa shape index (κ1) is 26.5. The molecule has 5 heteroatoms. The van der Waals surface area contributed by atoms with Crippen molar-refractivity contribution in [3.63, 3.8) is 0 Å². The van der Waals surface area contributed by atoms with Gasteiger partial charge in [0.25, 0.3) is 5.91 Å². The van der Waals surface area contributed by atoms with Crippen molar-refractivity contribution in [3.8, 4) is 5.75 Å². The molecule has 194 valence electrons. The van der Waals surface area contributed by atoms with E-state index in [0.717, 1.165) is 55.7 Å². The smallest absolute Gasteiger partial charge is 0.251 e. The molecule has 0 unspecified atom stereocenters. The molecular formula is C32H39N3O2. The molecule has 3 aromatic carbocycles. The number of amides is 1. The number of carbonyl (C=O) groups excluding carboxylic acids is 1. The van der Waals surface area contributed by atoms with Crippen LogP contribution in [0.4, 0.5) is 0 Å². The number of para-hydroxylation sites is 2. The van der Waals surface area contributed by atoms with Gasteiger partial charge in [0.05, 0.1) is 17.6 Å². The molecule has 1 heterocycles. The van der Waals surface area contributed by atoms with Crippen LogP contribution in [0.5, 0.6) is 5.75 Å². The number of aromatic nitrogens is 2. The number of imidazole rings is 1. The van der Waals surface area contributed by atoms with Crippen molar-refractivity contribution in [1.29, 1.82) is 0 Å². The molecule has 1 N–H and O–H groups in total. The molecule has 0 aliphatic carbocycles. The Labute approximate surface area is 220 Å². The molecule has 1 aromatic heterocycles. The minimum absolute atomic E-state index is 0.00390. The van der Waals surface area contributed by atoms with Crippen LogP contribution in [0.15, 0.2) is 72.8 Å². The van der Waals surface area contributed by atoms with E-state index >= 15 is 0 Å². The first-order valence-corrected chi connectivity index (χ1v) is 13.5. The highest BCUT2D eigenvalue weighted by Gasteiger charge is 2.12. The third kappa shape index (κ3) is 7.22. The molecular weight excluding hydrogens is 458 g/mol. The van der Waals surface area contributed by atoms with E-state index in [9.17, 15) is 4.79 Å². The van der Waals surface area contributed by atoms with Gasteiger partial charge in [-0.1, -0.05) is 62.7 Å². The van der Waals surface area contributed by atoms with Gasteiger partial charge >= 0.3 is 0 Å². The van der Waals surface area contributed by atoms with Gasteiger partial charge in [-0.05, 0) is 73.6 Å². The average molecular weight is 498 g/mol. The number of hydrogen-bond donors (Lipinski definition) is 1. The maximum absolute atomic E-state index is 12.2. The number of hydrogen-bond acceptors (Lipinski definition) is 3. The fourth-order valence-corrected chi connectivity index (χ4v) is 4.69. The molecule has 0 aliphatic heterocycles. The highest BCUT2D eigenvalue weighted by Crippen LogP contribution is 2.27. The summed E-state index contributed by atoms with van der Waals surface area (Å²) in [5, 5.41) is 3.02. The van der Waals surface area contributed by atoms with E-state index in [1.165, 1.54) is 16.6 Å². The molecule has 4 rings (SSSR count). The summed E-state index contributed by atoms with van der Waals surface area (Å²) in [4.78, 5) is 17.1. The Hall–Kier alpha value is -3.60. The molecule has 37 heavy (non-hydrogen) atoms. The Kier molecular flexibility index (Phi) is 9.36. The number of benzene rings is 3. The minimum atomic E-state index is -0.00390. The largest absolute Gasteiger partial charge is 0.493 e. The van der Waals surface area contributed by atoms with Crippen molar-refractivity contribution in [2.45, 2.75) is 65.3 Å². The van der Waals surface area contributed by atoms with Gasteiger partial charge in [-0.25, -0.2) is 4.98 Å². The van der Waals surface area contributed by atoms with E-state index in [1.807, 2.05) is 36.4 Å². The van der Waals surface area contributed by atoms with Crippen molar-refractivity contribution in [2.24, 2.45) is 0 Å². The summed E-state index contributed by atoms with van der Waals surface area (Å²) < 4.78 is 8.59. The fraction of sp³-hybridized carbons (Fsp3) is 0.375. The van der Waals surface area contributed by atoms with Gasteiger partial charge in [-0.2, -0.15) is 0 Å². The normalized spacial score (nSPS) is 11.2. The third-order valence-electron chi connectivity index (χ3n) is 6.71. The molecule has 0 spiro atoms. The second kappa shape index (κ2) is 13.1. The number of nitrogens with zero attached hydrogens (tertiary/aromatic N) is 2. The topological polar surface area (TPSA) is 56.1 Å². The van der Waals surface area contributed by atoms with Gasteiger partial charge in [0.15, 0.2) is 0 Å². The number of ether oxygens (including phenoxy) is 1. The lowest BCUT2D eigenvalue weighted by Gasteiger charge is -2.15. The Morgan fingerprint density at radius 2 is 1.73 bits per heavy atom. The number of aryl methyl sites for hydroxylation is 3. The van der Waals surface area contributed by atoms with E-state index in [2.05, 4.69) is 67.1 Å². The number of unbranched alkanes of at least 4 members (excludes halogenated alkanes) is 2. The van der Waals surface area contributed by atoms with Gasteiger partial charge in [0.1, 0.15) is 11.6 Å². The number of carbonyl (C=O) groups is 1. The molecule has 0 fully saturated rings. The van der Waals surface area contributed by atoms with Crippen LogP contribution in [0.3, 0.4) is 0 Å². The summed E-state index contributed by atoms with van der Waals surface area (Å²) in [6.45, 7) is 8.77. The maximum atomic E-state index is 12.2. The van der Waals surface area contributed by atoms with Crippen LogP contribution in [-0.4, -0.2) is 28.6 Å². The van der Waals surface area contributed by atoms with Crippen LogP contribution in [0.25, 0.3) is 11.0 Å². The average Bonchev–Trinajstić information content (AvgIpc) is 3.26. The highest BCUT2D eigenvalue weighted by atomic mass is 16.5. The summed E-state index contributed by atoms with van der Waals surface area (Å²) in [5.41, 5.74) is 5.43. The molecule has 0 atom stereocenters. The lowest BCUT2D eigenvalue weighted by atomic mass is 10.0. The van der Waals surface area contributed by atoms with Gasteiger partial charge in [-0.3, -0.25) is 4.79 Å². The van der Waals surface area contributed by atoms with E-state index in [4.69, 9.17) is 9.72 Å².